The molecule has 0 bridgehead atoms. The zero-order valence-electron chi connectivity index (χ0n) is 26.0. The Balaban J connectivity index is 1.75. The molecule has 0 aliphatic heterocycles. The molecule has 1 N–H and O–H groups in total. The smallest absolute Gasteiger partial charge is 0.416 e. The predicted molar refractivity (Wildman–Crippen MR) is 164 cm³/mol. The highest BCUT2D eigenvalue weighted by molar-refractivity contribution is 5.94. The number of alkyl halides is 3. The van der Waals surface area contributed by atoms with Crippen molar-refractivity contribution in [1.82, 2.24) is 24.4 Å². The first kappa shape index (κ1) is 33.3. The van der Waals surface area contributed by atoms with Crippen LogP contribution in [0.2, 0.25) is 0 Å². The average Bonchev–Trinajstić information content (AvgIpc) is 3.35. The van der Waals surface area contributed by atoms with Crippen molar-refractivity contribution in [2.75, 3.05) is 13.1 Å². The van der Waals surface area contributed by atoms with Crippen molar-refractivity contribution >= 4 is 17.5 Å². The lowest BCUT2D eigenvalue weighted by Crippen LogP contribution is -2.41. The lowest BCUT2D eigenvalue weighted by atomic mass is 10.0. The van der Waals surface area contributed by atoms with Crippen molar-refractivity contribution in [2.24, 2.45) is 0 Å². The molecule has 240 valence electrons. The van der Waals surface area contributed by atoms with Crippen LogP contribution in [-0.4, -0.2) is 49.8 Å². The van der Waals surface area contributed by atoms with Gasteiger partial charge in [-0.05, 0) is 82.5 Å². The zero-order chi connectivity index (χ0) is 32.9. The number of benzene rings is 2. The maximum Gasteiger partial charge on any atom is 0.416 e. The molecular formula is C33H38F3N5O4. The number of carbonyl (C=O) groups excluding carboxylic acids is 2. The summed E-state index contributed by atoms with van der Waals surface area (Å²) in [6.07, 6.45) is -4.44. The first-order chi connectivity index (χ1) is 21.2. The molecule has 2 aromatic carbocycles. The second-order valence-electron chi connectivity index (χ2n) is 11.8. The number of amides is 2. The molecule has 1 unspecified atom stereocenters. The Kier molecular flexibility index (Phi) is 10.0. The van der Waals surface area contributed by atoms with Crippen molar-refractivity contribution in [3.8, 4) is 0 Å². The van der Waals surface area contributed by atoms with Crippen LogP contribution in [0, 0.1) is 6.92 Å². The van der Waals surface area contributed by atoms with E-state index in [1.807, 2.05) is 43.3 Å². The highest BCUT2D eigenvalue weighted by atomic mass is 19.4. The van der Waals surface area contributed by atoms with Gasteiger partial charge >= 0.3 is 18.0 Å². The van der Waals surface area contributed by atoms with Gasteiger partial charge in [-0.15, -0.1) is 0 Å². The Bertz CT molecular complexity index is 1690. The molecule has 0 radical (unpaired) electrons. The van der Waals surface area contributed by atoms with Gasteiger partial charge in [0.1, 0.15) is 5.60 Å². The van der Waals surface area contributed by atoms with E-state index in [0.717, 1.165) is 29.8 Å². The lowest BCUT2D eigenvalue weighted by Gasteiger charge is -2.33. The molecule has 45 heavy (non-hydrogen) atoms. The SMILES string of the molecule is CCC(c1cc2cc(C)nn2c(=O)n1Cc1ccccc1)N(CCCNC(=O)OC(C)(C)C)C(=O)c1ccc(C(F)(F)F)cc1. The third-order valence-corrected chi connectivity index (χ3v) is 7.13. The van der Waals surface area contributed by atoms with Crippen LogP contribution in [0.3, 0.4) is 0 Å². The fourth-order valence-corrected chi connectivity index (χ4v) is 5.14. The van der Waals surface area contributed by atoms with E-state index in [4.69, 9.17) is 4.74 Å². The summed E-state index contributed by atoms with van der Waals surface area (Å²) in [6.45, 7) is 9.42. The van der Waals surface area contributed by atoms with E-state index in [2.05, 4.69) is 10.4 Å². The molecule has 0 saturated heterocycles. The van der Waals surface area contributed by atoms with Gasteiger partial charge in [-0.3, -0.25) is 9.36 Å². The Morgan fingerprint density at radius 3 is 2.29 bits per heavy atom. The monoisotopic (exact) mass is 625 g/mol. The predicted octanol–water partition coefficient (Wildman–Crippen LogP) is 6.38. The zero-order valence-corrected chi connectivity index (χ0v) is 26.0. The minimum absolute atomic E-state index is 0.0692. The number of hydrogen-bond donors (Lipinski definition) is 1. The first-order valence-corrected chi connectivity index (χ1v) is 14.8. The number of halogens is 3. The maximum absolute atomic E-state index is 14.0. The number of carbonyl (C=O) groups is 2. The summed E-state index contributed by atoms with van der Waals surface area (Å²) in [5.74, 6) is -0.504. The lowest BCUT2D eigenvalue weighted by molar-refractivity contribution is -0.137. The summed E-state index contributed by atoms with van der Waals surface area (Å²) in [7, 11) is 0. The molecule has 9 nitrogen and oxygen atoms in total. The van der Waals surface area contributed by atoms with Crippen molar-refractivity contribution < 1.29 is 27.5 Å². The number of ether oxygens (including phenoxy) is 1. The van der Waals surface area contributed by atoms with E-state index in [1.54, 1.807) is 43.2 Å². The number of alkyl carbamates (subject to hydrolysis) is 1. The van der Waals surface area contributed by atoms with E-state index >= 15 is 0 Å². The minimum Gasteiger partial charge on any atom is -0.444 e. The van der Waals surface area contributed by atoms with Crippen LogP contribution >= 0.6 is 0 Å². The van der Waals surface area contributed by atoms with Gasteiger partial charge in [0.15, 0.2) is 0 Å². The van der Waals surface area contributed by atoms with Crippen LogP contribution in [0.15, 0.2) is 71.5 Å². The average molecular weight is 626 g/mol. The van der Waals surface area contributed by atoms with Gasteiger partial charge in [-0.25, -0.2) is 9.59 Å². The third kappa shape index (κ3) is 8.31. The van der Waals surface area contributed by atoms with Crippen LogP contribution in [0.1, 0.15) is 79.5 Å². The number of aryl methyl sites for hydroxylation is 1. The molecular weight excluding hydrogens is 587 g/mol. The van der Waals surface area contributed by atoms with Gasteiger partial charge in [-0.2, -0.15) is 22.8 Å². The molecule has 4 rings (SSSR count). The van der Waals surface area contributed by atoms with Crippen LogP contribution in [0.25, 0.3) is 5.52 Å². The quantitative estimate of drug-likeness (QED) is 0.206. The molecule has 2 aromatic heterocycles. The van der Waals surface area contributed by atoms with E-state index in [9.17, 15) is 27.6 Å². The number of fused-ring (bicyclic) bond motifs is 1. The number of nitrogens with one attached hydrogen (secondary N) is 1. The van der Waals surface area contributed by atoms with Gasteiger partial charge in [0.25, 0.3) is 5.91 Å². The summed E-state index contributed by atoms with van der Waals surface area (Å²) in [5.41, 5.74) is 0.761. The summed E-state index contributed by atoms with van der Waals surface area (Å²) in [5, 5.41) is 7.04. The van der Waals surface area contributed by atoms with Crippen LogP contribution < -0.4 is 11.0 Å². The minimum atomic E-state index is -4.55. The van der Waals surface area contributed by atoms with Crippen LogP contribution in [-0.2, 0) is 17.5 Å². The molecule has 12 heteroatoms. The Morgan fingerprint density at radius 1 is 1.02 bits per heavy atom. The summed E-state index contributed by atoms with van der Waals surface area (Å²) in [6, 6.07) is 16.4. The highest BCUT2D eigenvalue weighted by Crippen LogP contribution is 2.31. The molecule has 0 spiro atoms. The molecule has 2 amide bonds. The second kappa shape index (κ2) is 13.6. The summed E-state index contributed by atoms with van der Waals surface area (Å²) >= 11 is 0. The van der Waals surface area contributed by atoms with E-state index in [1.165, 1.54) is 4.52 Å². The van der Waals surface area contributed by atoms with E-state index in [0.29, 0.717) is 29.7 Å². The van der Waals surface area contributed by atoms with Gasteiger partial charge in [-0.1, -0.05) is 37.3 Å². The van der Waals surface area contributed by atoms with Gasteiger partial charge < -0.3 is 15.0 Å². The highest BCUT2D eigenvalue weighted by Gasteiger charge is 2.32. The molecule has 0 saturated carbocycles. The van der Waals surface area contributed by atoms with E-state index in [-0.39, 0.29) is 30.9 Å². The molecule has 0 fully saturated rings. The maximum atomic E-state index is 14.0. The van der Waals surface area contributed by atoms with Gasteiger partial charge in [0, 0.05) is 24.3 Å². The summed E-state index contributed by atoms with van der Waals surface area (Å²) < 4.78 is 48.0. The summed E-state index contributed by atoms with van der Waals surface area (Å²) in [4.78, 5) is 41.6. The van der Waals surface area contributed by atoms with Crippen molar-refractivity contribution in [2.45, 2.75) is 71.8 Å². The first-order valence-electron chi connectivity index (χ1n) is 14.8. The van der Waals surface area contributed by atoms with Crippen molar-refractivity contribution in [3.05, 3.63) is 105 Å². The molecule has 0 aliphatic rings. The number of nitrogens with zero attached hydrogens (tertiary/aromatic N) is 4. The number of hydrogen-bond acceptors (Lipinski definition) is 5. The topological polar surface area (TPSA) is 97.9 Å². The van der Waals surface area contributed by atoms with Crippen molar-refractivity contribution in [1.29, 1.82) is 0 Å². The fraction of sp³-hybridized carbons (Fsp3) is 0.394. The largest absolute Gasteiger partial charge is 0.444 e. The van der Waals surface area contributed by atoms with Gasteiger partial charge in [0.05, 0.1) is 29.4 Å². The third-order valence-electron chi connectivity index (χ3n) is 7.13. The molecule has 2 heterocycles. The molecule has 1 atom stereocenters. The van der Waals surface area contributed by atoms with E-state index < -0.39 is 35.4 Å². The second-order valence-corrected chi connectivity index (χ2v) is 11.8. The van der Waals surface area contributed by atoms with Crippen LogP contribution in [0.5, 0.6) is 0 Å². The Labute approximate surface area is 259 Å². The fourth-order valence-electron chi connectivity index (χ4n) is 5.14. The Hall–Kier alpha value is -4.61. The number of rotatable bonds is 10. The number of aromatic nitrogens is 3. The van der Waals surface area contributed by atoms with Gasteiger partial charge in [0.2, 0.25) is 0 Å². The molecule has 0 aliphatic carbocycles. The van der Waals surface area contributed by atoms with Crippen molar-refractivity contribution in [3.63, 3.8) is 0 Å². The normalized spacial score (nSPS) is 12.6. The Morgan fingerprint density at radius 2 is 1.69 bits per heavy atom. The molecule has 4 aromatic rings. The standard InChI is InChI=1S/C33H38F3N5O4/c1-6-27(28-20-26-19-22(2)38-41(26)31(44)40(28)21-23-11-8-7-9-12-23)39(18-10-17-37-30(43)45-32(3,4)5)29(42)24-13-15-25(16-14-24)33(34,35)36/h7-9,11-16,19-20,27H,6,10,17-18,21H2,1-5H3,(H,37,43). The van der Waals surface area contributed by atoms with Crippen LogP contribution in [0.4, 0.5) is 18.0 Å².